The van der Waals surface area contributed by atoms with Gasteiger partial charge in [0.05, 0.1) is 82.5 Å². The third-order valence-electron chi connectivity index (χ3n) is 12.0. The molecule has 0 aliphatic carbocycles. The predicted octanol–water partition coefficient (Wildman–Crippen LogP) is 6.47. The summed E-state index contributed by atoms with van der Waals surface area (Å²) in [5, 5.41) is 18.7. The van der Waals surface area contributed by atoms with E-state index in [0.717, 1.165) is 16.4 Å². The number of aromatic nitrogens is 7. The quantitative estimate of drug-likeness (QED) is 0.114. The van der Waals surface area contributed by atoms with Crippen LogP contribution in [0.4, 0.5) is 50.5 Å². The number of amides is 4. The molecule has 4 amide bonds. The van der Waals surface area contributed by atoms with Crippen molar-refractivity contribution >= 4 is 74.3 Å². The van der Waals surface area contributed by atoms with Crippen molar-refractivity contribution in [2.45, 2.75) is 51.1 Å². The average molecular weight is 920 g/mol. The van der Waals surface area contributed by atoms with Gasteiger partial charge in [0.15, 0.2) is 11.3 Å². The van der Waals surface area contributed by atoms with Gasteiger partial charge in [-0.25, -0.2) is 28.4 Å². The van der Waals surface area contributed by atoms with Crippen LogP contribution in [0.25, 0.3) is 22.1 Å². The van der Waals surface area contributed by atoms with E-state index in [2.05, 4.69) is 41.1 Å². The molecule has 2 aromatic carbocycles. The minimum absolute atomic E-state index is 0.0886. The average Bonchev–Trinajstić information content (AvgIpc) is 4.13. The first-order chi connectivity index (χ1) is 32.2. The summed E-state index contributed by atoms with van der Waals surface area (Å²) in [7, 11) is 1.77. The highest BCUT2D eigenvalue weighted by molar-refractivity contribution is 6.07. The van der Waals surface area contributed by atoms with E-state index in [1.165, 1.54) is 26.9 Å². The molecule has 22 heteroatoms. The maximum Gasteiger partial charge on any atom is 0.416 e. The number of carbonyl (C=O) groups excluding carboxylic acids is 4. The first kappa shape index (κ1) is 42.9. The standard InChI is InChI=1S/C45H38F5N13O4/c1-59-41-26(15-53-59)11-29(17-51-41)55-32-7-2-5-24-19-60(43(66)38(24)32)22-36(64)58-35-14-28(45(48,49)50)13-31(57-35)21-63-42-27(16-54-63)12-30(18-52-42)56-33-8-3-6-25-20-61(44(67)39(25)33)23-37(65)62-10-4-9-34(62)40(46)47/h2-3,5-8,11-18,34,40,55-56H,4,9-10,19-23H2,1H3,(H,57,58,64). The van der Waals surface area contributed by atoms with Crippen molar-refractivity contribution in [1.82, 2.24) is 49.2 Å². The summed E-state index contributed by atoms with van der Waals surface area (Å²) in [4.78, 5) is 70.6. The molecule has 0 radical (unpaired) electrons. The Morgan fingerprint density at radius 2 is 1.40 bits per heavy atom. The first-order valence-electron chi connectivity index (χ1n) is 21.1. The van der Waals surface area contributed by atoms with Crippen LogP contribution in [0.2, 0.25) is 0 Å². The van der Waals surface area contributed by atoms with Gasteiger partial charge in [-0.3, -0.25) is 23.9 Å². The molecule has 3 aliphatic rings. The molecular formula is C45H38F5N13O4. The van der Waals surface area contributed by atoms with E-state index in [0.29, 0.717) is 74.2 Å². The number of fused-ring (bicyclic) bond motifs is 4. The Kier molecular flexibility index (Phi) is 10.7. The molecule has 0 bridgehead atoms. The van der Waals surface area contributed by atoms with Crippen molar-refractivity contribution in [3.8, 4) is 0 Å². The number of hydrogen-bond donors (Lipinski definition) is 3. The van der Waals surface area contributed by atoms with E-state index < -0.39 is 54.4 Å². The van der Waals surface area contributed by atoms with E-state index >= 15 is 0 Å². The predicted molar refractivity (Wildman–Crippen MR) is 233 cm³/mol. The summed E-state index contributed by atoms with van der Waals surface area (Å²) in [6.45, 7) is -0.640. The zero-order chi connectivity index (χ0) is 46.7. The topological polar surface area (TPSA) is 188 Å². The molecular weight excluding hydrogens is 882 g/mol. The number of nitrogens with one attached hydrogen (secondary N) is 3. The van der Waals surface area contributed by atoms with Gasteiger partial charge in [-0.15, -0.1) is 0 Å². The fourth-order valence-electron chi connectivity index (χ4n) is 8.91. The van der Waals surface area contributed by atoms with Crippen LogP contribution in [0.3, 0.4) is 0 Å². The molecule has 8 heterocycles. The van der Waals surface area contributed by atoms with Crippen LogP contribution in [-0.2, 0) is 42.4 Å². The summed E-state index contributed by atoms with van der Waals surface area (Å²) in [6, 6.07) is 14.3. The molecule has 0 saturated carbocycles. The number of nitrogens with zero attached hydrogens (tertiary/aromatic N) is 10. The van der Waals surface area contributed by atoms with Crippen LogP contribution in [0.5, 0.6) is 0 Å². The van der Waals surface area contributed by atoms with Crippen LogP contribution >= 0.6 is 0 Å². The summed E-state index contributed by atoms with van der Waals surface area (Å²) in [5.41, 5.74) is 3.79. The van der Waals surface area contributed by atoms with Gasteiger partial charge in [0.2, 0.25) is 11.8 Å². The summed E-state index contributed by atoms with van der Waals surface area (Å²) < 4.78 is 72.7. The second kappa shape index (κ2) is 16.7. The van der Waals surface area contributed by atoms with Gasteiger partial charge in [0.1, 0.15) is 18.9 Å². The van der Waals surface area contributed by atoms with Gasteiger partial charge >= 0.3 is 6.18 Å². The zero-order valence-electron chi connectivity index (χ0n) is 35.4. The lowest BCUT2D eigenvalue weighted by molar-refractivity contribution is -0.137. The van der Waals surface area contributed by atoms with Gasteiger partial charge in [0.25, 0.3) is 18.2 Å². The molecule has 0 spiro atoms. The van der Waals surface area contributed by atoms with Gasteiger partial charge in [-0.1, -0.05) is 24.3 Å². The zero-order valence-corrected chi connectivity index (χ0v) is 35.4. The summed E-state index contributed by atoms with van der Waals surface area (Å²) in [5.74, 6) is -2.55. The third-order valence-corrected chi connectivity index (χ3v) is 12.0. The number of benzene rings is 2. The lowest BCUT2D eigenvalue weighted by Gasteiger charge is -2.26. The van der Waals surface area contributed by atoms with Gasteiger partial charge in [0, 0.05) is 37.5 Å². The molecule has 1 unspecified atom stereocenters. The SMILES string of the molecule is Cn1ncc2cc(Nc3cccc4c3C(=O)N(CC(=O)Nc3cc(C(F)(F)F)cc(Cn5ncc6cc(Nc7cccc8c7C(=O)N(CC(=O)N7CCCC7C(F)F)C8)cnc65)n3)C4)cnc21. The van der Waals surface area contributed by atoms with E-state index in [1.807, 2.05) is 6.07 Å². The van der Waals surface area contributed by atoms with E-state index in [1.54, 1.807) is 66.6 Å². The normalized spacial score (nSPS) is 15.9. The van der Waals surface area contributed by atoms with Crippen molar-refractivity contribution in [1.29, 1.82) is 0 Å². The highest BCUT2D eigenvalue weighted by Gasteiger charge is 2.39. The first-order valence-corrected chi connectivity index (χ1v) is 21.1. The highest BCUT2D eigenvalue weighted by Crippen LogP contribution is 2.35. The summed E-state index contributed by atoms with van der Waals surface area (Å²) >= 11 is 0. The molecule has 1 fully saturated rings. The van der Waals surface area contributed by atoms with Crippen LogP contribution in [-0.4, -0.2) is 105 Å². The van der Waals surface area contributed by atoms with Crippen LogP contribution in [0, 0.1) is 0 Å². The molecule has 67 heavy (non-hydrogen) atoms. The van der Waals surface area contributed by atoms with Crippen molar-refractivity contribution < 1.29 is 41.1 Å². The molecule has 17 nitrogen and oxygen atoms in total. The number of alkyl halides is 5. The van der Waals surface area contributed by atoms with Crippen LogP contribution in [0.1, 0.15) is 55.9 Å². The molecule has 3 N–H and O–H groups in total. The largest absolute Gasteiger partial charge is 0.416 e. The Morgan fingerprint density at radius 1 is 0.791 bits per heavy atom. The third kappa shape index (κ3) is 8.29. The molecule has 10 rings (SSSR count). The Morgan fingerprint density at radius 3 is 2.04 bits per heavy atom. The molecule has 1 atom stereocenters. The van der Waals surface area contributed by atoms with Crippen molar-refractivity contribution in [3.63, 3.8) is 0 Å². The number of halogens is 5. The molecule has 7 aromatic rings. The second-order valence-electron chi connectivity index (χ2n) is 16.5. The number of pyridine rings is 3. The van der Waals surface area contributed by atoms with Crippen LogP contribution < -0.4 is 16.0 Å². The number of rotatable bonds is 12. The smallest absolute Gasteiger partial charge is 0.354 e. The molecule has 3 aliphatic heterocycles. The van der Waals surface area contributed by atoms with E-state index in [-0.39, 0.29) is 50.7 Å². The monoisotopic (exact) mass is 919 g/mol. The second-order valence-corrected chi connectivity index (χ2v) is 16.5. The lowest BCUT2D eigenvalue weighted by Crippen LogP contribution is -2.45. The molecule has 1 saturated heterocycles. The van der Waals surface area contributed by atoms with Gasteiger partial charge in [-0.05, 0) is 60.4 Å². The molecule has 342 valence electrons. The maximum absolute atomic E-state index is 14.2. The van der Waals surface area contributed by atoms with Crippen molar-refractivity contribution in [3.05, 3.63) is 119 Å². The number of likely N-dealkylation sites (tertiary alicyclic amines) is 1. The van der Waals surface area contributed by atoms with Crippen molar-refractivity contribution in [2.24, 2.45) is 7.05 Å². The number of aryl methyl sites for hydroxylation is 1. The highest BCUT2D eigenvalue weighted by atomic mass is 19.4. The van der Waals surface area contributed by atoms with Crippen LogP contribution in [0.15, 0.2) is 85.5 Å². The number of anilines is 5. The van der Waals surface area contributed by atoms with E-state index in [9.17, 15) is 41.1 Å². The fourth-order valence-corrected chi connectivity index (χ4v) is 8.91. The number of carbonyl (C=O) groups is 4. The Hall–Kier alpha value is -8.04. The number of hydrogen-bond acceptors (Lipinski definition) is 11. The maximum atomic E-state index is 14.2. The lowest BCUT2D eigenvalue weighted by atomic mass is 10.1. The minimum Gasteiger partial charge on any atom is -0.354 e. The Labute approximate surface area is 376 Å². The summed E-state index contributed by atoms with van der Waals surface area (Å²) in [6.07, 6.45) is -0.591. The Bertz CT molecular complexity index is 3150. The van der Waals surface area contributed by atoms with E-state index in [4.69, 9.17) is 0 Å². The van der Waals surface area contributed by atoms with Crippen molar-refractivity contribution in [2.75, 3.05) is 35.6 Å². The van der Waals surface area contributed by atoms with Gasteiger partial charge < -0.3 is 30.7 Å². The minimum atomic E-state index is -4.80. The van der Waals surface area contributed by atoms with Gasteiger partial charge in [-0.2, -0.15) is 23.4 Å². The Balaban J connectivity index is 0.810. The fraction of sp³-hybridized carbons (Fsp3) is 0.267. The molecule has 5 aromatic heterocycles.